The third-order valence-electron chi connectivity index (χ3n) is 1.63. The molecule has 0 spiro atoms. The standard InChI is InChI=1S/C11H13NO/c1-2-6-11(13)12-9-10-7-4-3-5-8-10/h2-8H,9H2,1H3,(H,12,13)/b6-2+/i11+1. The normalized spacial score (nSPS) is 10.2. The van der Waals surface area contributed by atoms with E-state index in [4.69, 9.17) is 0 Å². The fourth-order valence-corrected chi connectivity index (χ4v) is 0.995. The fraction of sp³-hybridized carbons (Fsp3) is 0.182. The molecular weight excluding hydrogens is 163 g/mol. The molecule has 68 valence electrons. The van der Waals surface area contributed by atoms with Crippen LogP contribution in [0.2, 0.25) is 0 Å². The van der Waals surface area contributed by atoms with Crippen molar-refractivity contribution in [3.05, 3.63) is 48.0 Å². The Kier molecular flexibility index (Phi) is 3.76. The molecule has 0 unspecified atom stereocenters. The first kappa shape index (κ1) is 9.52. The molecule has 1 aromatic carbocycles. The summed E-state index contributed by atoms with van der Waals surface area (Å²) in [5, 5.41) is 2.77. The van der Waals surface area contributed by atoms with Gasteiger partial charge in [-0.05, 0) is 18.6 Å². The van der Waals surface area contributed by atoms with Gasteiger partial charge in [-0.15, -0.1) is 0 Å². The maximum atomic E-state index is 11.0. The van der Waals surface area contributed by atoms with E-state index in [1.165, 1.54) is 6.08 Å². The number of rotatable bonds is 3. The summed E-state index contributed by atoms with van der Waals surface area (Å²) in [6.45, 7) is 2.41. The maximum absolute atomic E-state index is 11.0. The van der Waals surface area contributed by atoms with Crippen LogP contribution >= 0.6 is 0 Å². The number of carbonyl (C=O) groups excluding carboxylic acids is 1. The summed E-state index contributed by atoms with van der Waals surface area (Å²) >= 11 is 0. The molecular formula is C11H13NO. The zero-order chi connectivity index (χ0) is 9.52. The van der Waals surface area contributed by atoms with Gasteiger partial charge in [0.25, 0.3) is 0 Å². The van der Waals surface area contributed by atoms with Crippen LogP contribution in [0.25, 0.3) is 0 Å². The number of amides is 1. The molecule has 1 rings (SSSR count). The molecule has 13 heavy (non-hydrogen) atoms. The zero-order valence-electron chi connectivity index (χ0n) is 7.66. The number of allylic oxidation sites excluding steroid dienone is 1. The fourth-order valence-electron chi connectivity index (χ4n) is 0.995. The molecule has 2 nitrogen and oxygen atoms in total. The number of hydrogen-bond acceptors (Lipinski definition) is 1. The monoisotopic (exact) mass is 176 g/mol. The lowest BCUT2D eigenvalue weighted by Crippen LogP contribution is -2.19. The minimum absolute atomic E-state index is 0.0497. The largest absolute Gasteiger partial charge is 0.348 e. The molecule has 2 heteroatoms. The highest BCUT2D eigenvalue weighted by Gasteiger charge is 1.93. The smallest absolute Gasteiger partial charge is 0.243 e. The van der Waals surface area contributed by atoms with Crippen LogP contribution in [0.15, 0.2) is 42.5 Å². The Bertz CT molecular complexity index is 290. The Balaban J connectivity index is 2.40. The molecule has 0 radical (unpaired) electrons. The molecule has 0 aliphatic carbocycles. The lowest BCUT2D eigenvalue weighted by Gasteiger charge is -2.01. The summed E-state index contributed by atoms with van der Waals surface area (Å²) in [5.41, 5.74) is 1.11. The quantitative estimate of drug-likeness (QED) is 0.553. The summed E-state index contributed by atoms with van der Waals surface area (Å²) in [6.07, 6.45) is 3.24. The Morgan fingerprint density at radius 2 is 2.08 bits per heavy atom. The first-order chi connectivity index (χ1) is 6.33. The van der Waals surface area contributed by atoms with Crippen LogP contribution in [0.5, 0.6) is 0 Å². The van der Waals surface area contributed by atoms with Crippen molar-refractivity contribution in [3.63, 3.8) is 0 Å². The minimum atomic E-state index is -0.0497. The molecule has 1 amide bonds. The van der Waals surface area contributed by atoms with E-state index in [0.29, 0.717) is 6.54 Å². The van der Waals surface area contributed by atoms with Gasteiger partial charge in [-0.1, -0.05) is 36.4 Å². The molecule has 0 heterocycles. The van der Waals surface area contributed by atoms with Gasteiger partial charge in [-0.2, -0.15) is 0 Å². The van der Waals surface area contributed by atoms with Crippen molar-refractivity contribution in [2.45, 2.75) is 13.5 Å². The third-order valence-corrected chi connectivity index (χ3v) is 1.63. The molecule has 1 N–H and O–H groups in total. The van der Waals surface area contributed by atoms with Crippen LogP contribution in [-0.2, 0) is 11.3 Å². The van der Waals surface area contributed by atoms with Crippen molar-refractivity contribution in [1.29, 1.82) is 0 Å². The van der Waals surface area contributed by atoms with Gasteiger partial charge in [0.2, 0.25) is 5.91 Å². The molecule has 1 aromatic rings. The van der Waals surface area contributed by atoms with E-state index in [-0.39, 0.29) is 5.91 Å². The van der Waals surface area contributed by atoms with E-state index in [1.807, 2.05) is 37.3 Å². The summed E-state index contributed by atoms with van der Waals surface area (Å²) < 4.78 is 0. The average molecular weight is 176 g/mol. The highest BCUT2D eigenvalue weighted by atomic mass is 16.2. The molecule has 0 atom stereocenters. The Hall–Kier alpha value is -1.57. The average Bonchev–Trinajstić information content (AvgIpc) is 2.17. The van der Waals surface area contributed by atoms with E-state index in [0.717, 1.165) is 5.56 Å². The van der Waals surface area contributed by atoms with E-state index in [2.05, 4.69) is 5.32 Å². The van der Waals surface area contributed by atoms with Gasteiger partial charge < -0.3 is 5.32 Å². The number of carbonyl (C=O) groups is 1. The number of hydrogen-bond donors (Lipinski definition) is 1. The second-order valence-corrected chi connectivity index (χ2v) is 2.70. The number of benzene rings is 1. The Morgan fingerprint density at radius 1 is 1.38 bits per heavy atom. The van der Waals surface area contributed by atoms with E-state index < -0.39 is 0 Å². The summed E-state index contributed by atoms with van der Waals surface area (Å²) in [6, 6.07) is 9.83. The van der Waals surface area contributed by atoms with Gasteiger partial charge in [0.15, 0.2) is 0 Å². The summed E-state index contributed by atoms with van der Waals surface area (Å²) in [4.78, 5) is 11.0. The van der Waals surface area contributed by atoms with Gasteiger partial charge in [0.05, 0.1) is 0 Å². The van der Waals surface area contributed by atoms with Gasteiger partial charge >= 0.3 is 0 Å². The SMILES string of the molecule is C/C=C/[13C](=O)NCc1ccccc1. The molecule has 0 aliphatic rings. The van der Waals surface area contributed by atoms with Crippen LogP contribution < -0.4 is 5.32 Å². The van der Waals surface area contributed by atoms with Crippen molar-refractivity contribution >= 4 is 5.91 Å². The van der Waals surface area contributed by atoms with Crippen molar-refractivity contribution < 1.29 is 4.79 Å². The molecule has 0 bridgehead atoms. The predicted molar refractivity (Wildman–Crippen MR) is 53.1 cm³/mol. The van der Waals surface area contributed by atoms with Crippen LogP contribution in [0.1, 0.15) is 12.5 Å². The molecule has 0 aliphatic heterocycles. The molecule has 0 fully saturated rings. The Labute approximate surface area is 78.3 Å². The second-order valence-electron chi connectivity index (χ2n) is 2.70. The van der Waals surface area contributed by atoms with E-state index >= 15 is 0 Å². The van der Waals surface area contributed by atoms with E-state index in [9.17, 15) is 4.79 Å². The summed E-state index contributed by atoms with van der Waals surface area (Å²) in [7, 11) is 0. The Morgan fingerprint density at radius 3 is 2.69 bits per heavy atom. The van der Waals surface area contributed by atoms with Crippen LogP contribution in [0.4, 0.5) is 0 Å². The van der Waals surface area contributed by atoms with Gasteiger partial charge in [0.1, 0.15) is 0 Å². The topological polar surface area (TPSA) is 29.1 Å². The van der Waals surface area contributed by atoms with Crippen molar-refractivity contribution in [3.8, 4) is 0 Å². The van der Waals surface area contributed by atoms with Crippen LogP contribution in [-0.4, -0.2) is 5.91 Å². The second kappa shape index (κ2) is 5.14. The van der Waals surface area contributed by atoms with Crippen LogP contribution in [0.3, 0.4) is 0 Å². The van der Waals surface area contributed by atoms with Gasteiger partial charge in [0, 0.05) is 6.54 Å². The minimum Gasteiger partial charge on any atom is -0.348 e. The lowest BCUT2D eigenvalue weighted by molar-refractivity contribution is -0.116. The van der Waals surface area contributed by atoms with Crippen molar-refractivity contribution in [2.75, 3.05) is 0 Å². The van der Waals surface area contributed by atoms with Crippen molar-refractivity contribution in [1.82, 2.24) is 5.32 Å². The van der Waals surface area contributed by atoms with Gasteiger partial charge in [-0.3, -0.25) is 4.79 Å². The predicted octanol–water partition coefficient (Wildman–Crippen LogP) is 1.88. The molecule has 0 saturated carbocycles. The highest BCUT2D eigenvalue weighted by molar-refractivity contribution is 5.87. The summed E-state index contributed by atoms with van der Waals surface area (Å²) in [5.74, 6) is -0.0497. The zero-order valence-corrected chi connectivity index (χ0v) is 7.66. The van der Waals surface area contributed by atoms with Crippen molar-refractivity contribution in [2.24, 2.45) is 0 Å². The lowest BCUT2D eigenvalue weighted by atomic mass is 10.2. The van der Waals surface area contributed by atoms with Gasteiger partial charge in [-0.25, -0.2) is 0 Å². The highest BCUT2D eigenvalue weighted by Crippen LogP contribution is 1.96. The van der Waals surface area contributed by atoms with Crippen LogP contribution in [0, 0.1) is 0 Å². The van der Waals surface area contributed by atoms with E-state index in [1.54, 1.807) is 6.08 Å². The third kappa shape index (κ3) is 3.56. The molecule has 0 saturated heterocycles. The first-order valence-electron chi connectivity index (χ1n) is 4.27. The molecule has 0 aromatic heterocycles. The number of nitrogens with one attached hydrogen (secondary N) is 1. The first-order valence-corrected chi connectivity index (χ1v) is 4.27. The maximum Gasteiger partial charge on any atom is 0.243 e.